The lowest BCUT2D eigenvalue weighted by Gasteiger charge is -2.39. The average molecular weight is 350 g/mol. The highest BCUT2D eigenvalue weighted by molar-refractivity contribution is 5.94. The van der Waals surface area contributed by atoms with Crippen LogP contribution < -0.4 is 4.90 Å². The number of quaternary nitrogens is 1. The molecule has 0 radical (unpaired) electrons. The SMILES string of the molecule is O=C(c1ccncc1)N1CC[NH+](C2CCC(c3ccccc3)CC2)CC1. The van der Waals surface area contributed by atoms with Gasteiger partial charge in [-0.05, 0) is 49.3 Å². The minimum absolute atomic E-state index is 0.152. The van der Waals surface area contributed by atoms with Crippen LogP contribution in [0.1, 0.15) is 47.5 Å². The van der Waals surface area contributed by atoms with Gasteiger partial charge < -0.3 is 9.80 Å². The summed E-state index contributed by atoms with van der Waals surface area (Å²) in [6, 6.07) is 15.4. The Morgan fingerprint density at radius 3 is 2.23 bits per heavy atom. The fourth-order valence-corrected chi connectivity index (χ4v) is 4.64. The average Bonchev–Trinajstić information content (AvgIpc) is 2.75. The number of nitrogens with one attached hydrogen (secondary N) is 1. The number of nitrogens with zero attached hydrogens (tertiary/aromatic N) is 2. The molecule has 4 heteroatoms. The molecule has 2 fully saturated rings. The number of benzene rings is 1. The van der Waals surface area contributed by atoms with Gasteiger partial charge in [0, 0.05) is 18.0 Å². The molecule has 0 unspecified atom stereocenters. The van der Waals surface area contributed by atoms with Crippen molar-refractivity contribution in [2.75, 3.05) is 26.2 Å². The van der Waals surface area contributed by atoms with E-state index in [9.17, 15) is 4.79 Å². The van der Waals surface area contributed by atoms with E-state index >= 15 is 0 Å². The maximum atomic E-state index is 12.6. The predicted octanol–water partition coefficient (Wildman–Crippen LogP) is 2.15. The first-order chi connectivity index (χ1) is 12.8. The van der Waals surface area contributed by atoms with Gasteiger partial charge >= 0.3 is 0 Å². The normalized spacial score (nSPS) is 24.4. The smallest absolute Gasteiger partial charge is 0.254 e. The van der Waals surface area contributed by atoms with Crippen molar-refractivity contribution in [3.05, 3.63) is 66.0 Å². The Bertz CT molecular complexity index is 703. The van der Waals surface area contributed by atoms with E-state index in [2.05, 4.69) is 35.3 Å². The minimum atomic E-state index is 0.152. The van der Waals surface area contributed by atoms with Gasteiger partial charge in [0.2, 0.25) is 0 Å². The number of rotatable bonds is 3. The highest BCUT2D eigenvalue weighted by Crippen LogP contribution is 2.31. The molecule has 2 aromatic rings. The first kappa shape index (κ1) is 17.2. The zero-order chi connectivity index (χ0) is 17.8. The molecule has 1 saturated carbocycles. The van der Waals surface area contributed by atoms with Crippen LogP contribution in [0.3, 0.4) is 0 Å². The molecule has 0 bridgehead atoms. The Kier molecular flexibility index (Phi) is 5.30. The molecule has 1 saturated heterocycles. The van der Waals surface area contributed by atoms with E-state index in [0.717, 1.165) is 43.7 Å². The summed E-state index contributed by atoms with van der Waals surface area (Å²) < 4.78 is 0. The zero-order valence-electron chi connectivity index (χ0n) is 15.3. The summed E-state index contributed by atoms with van der Waals surface area (Å²) in [5.41, 5.74) is 2.26. The predicted molar refractivity (Wildman–Crippen MR) is 102 cm³/mol. The summed E-state index contributed by atoms with van der Waals surface area (Å²) in [7, 11) is 0. The van der Waals surface area contributed by atoms with Crippen LogP contribution in [-0.2, 0) is 0 Å². The van der Waals surface area contributed by atoms with Crippen LogP contribution in [0, 0.1) is 0 Å². The molecule has 0 atom stereocenters. The summed E-state index contributed by atoms with van der Waals surface area (Å²) in [6.45, 7) is 3.90. The van der Waals surface area contributed by atoms with Crippen LogP contribution in [0.25, 0.3) is 0 Å². The van der Waals surface area contributed by atoms with Crippen LogP contribution in [0.5, 0.6) is 0 Å². The number of hydrogen-bond acceptors (Lipinski definition) is 2. The number of carbonyl (C=O) groups is 1. The second-order valence-electron chi connectivity index (χ2n) is 7.65. The van der Waals surface area contributed by atoms with Crippen LogP contribution in [0.4, 0.5) is 0 Å². The molecule has 4 nitrogen and oxygen atoms in total. The Labute approximate surface area is 155 Å². The van der Waals surface area contributed by atoms with Gasteiger partial charge in [-0.2, -0.15) is 0 Å². The lowest BCUT2D eigenvalue weighted by Crippen LogP contribution is -3.18. The molecule has 2 aliphatic rings. The molecule has 1 N–H and O–H groups in total. The summed E-state index contributed by atoms with van der Waals surface area (Å²) in [6.07, 6.45) is 8.62. The van der Waals surface area contributed by atoms with Gasteiger partial charge in [0.15, 0.2) is 0 Å². The number of aromatic nitrogens is 1. The molecule has 1 aliphatic heterocycles. The standard InChI is InChI=1S/C22H27N3O/c26-22(20-10-12-23-13-11-20)25-16-14-24(15-17-25)21-8-6-19(7-9-21)18-4-2-1-3-5-18/h1-5,10-13,19,21H,6-9,14-17H2/p+1. The number of pyridine rings is 1. The summed E-state index contributed by atoms with van der Waals surface area (Å²) in [5, 5.41) is 0. The second kappa shape index (κ2) is 8.00. The van der Waals surface area contributed by atoms with Crippen LogP contribution in [0.15, 0.2) is 54.9 Å². The zero-order valence-corrected chi connectivity index (χ0v) is 15.3. The Balaban J connectivity index is 1.27. The topological polar surface area (TPSA) is 37.6 Å². The van der Waals surface area contributed by atoms with E-state index in [4.69, 9.17) is 0 Å². The van der Waals surface area contributed by atoms with E-state index in [1.807, 2.05) is 17.0 Å². The quantitative estimate of drug-likeness (QED) is 0.921. The number of piperazine rings is 1. The first-order valence-electron chi connectivity index (χ1n) is 9.90. The molecule has 1 amide bonds. The van der Waals surface area contributed by atoms with Crippen molar-refractivity contribution in [1.82, 2.24) is 9.88 Å². The number of hydrogen-bond donors (Lipinski definition) is 1. The summed E-state index contributed by atoms with van der Waals surface area (Å²) in [4.78, 5) is 20.3. The van der Waals surface area contributed by atoms with Gasteiger partial charge in [-0.1, -0.05) is 30.3 Å². The maximum Gasteiger partial charge on any atom is 0.254 e. The van der Waals surface area contributed by atoms with E-state index in [0.29, 0.717) is 0 Å². The number of amides is 1. The molecular formula is C22H28N3O+. The van der Waals surface area contributed by atoms with Gasteiger partial charge in [-0.25, -0.2) is 0 Å². The van der Waals surface area contributed by atoms with Crippen molar-refractivity contribution in [2.45, 2.75) is 37.6 Å². The summed E-state index contributed by atoms with van der Waals surface area (Å²) >= 11 is 0. The molecule has 4 rings (SSSR count). The van der Waals surface area contributed by atoms with Gasteiger partial charge in [0.1, 0.15) is 0 Å². The highest BCUT2D eigenvalue weighted by atomic mass is 16.2. The van der Waals surface area contributed by atoms with E-state index in [1.54, 1.807) is 17.3 Å². The molecule has 1 aliphatic carbocycles. The third kappa shape index (κ3) is 3.80. The Morgan fingerprint density at radius 1 is 0.923 bits per heavy atom. The van der Waals surface area contributed by atoms with Crippen LogP contribution >= 0.6 is 0 Å². The van der Waals surface area contributed by atoms with Crippen molar-refractivity contribution in [3.63, 3.8) is 0 Å². The van der Waals surface area contributed by atoms with Gasteiger partial charge in [-0.15, -0.1) is 0 Å². The molecule has 0 spiro atoms. The van der Waals surface area contributed by atoms with Crippen molar-refractivity contribution in [1.29, 1.82) is 0 Å². The largest absolute Gasteiger partial charge is 0.330 e. The Hall–Kier alpha value is -2.20. The van der Waals surface area contributed by atoms with E-state index in [1.165, 1.54) is 31.2 Å². The highest BCUT2D eigenvalue weighted by Gasteiger charge is 2.32. The molecule has 136 valence electrons. The van der Waals surface area contributed by atoms with E-state index in [-0.39, 0.29) is 5.91 Å². The summed E-state index contributed by atoms with van der Waals surface area (Å²) in [5.74, 6) is 0.889. The van der Waals surface area contributed by atoms with Crippen LogP contribution in [0.2, 0.25) is 0 Å². The van der Waals surface area contributed by atoms with Gasteiger partial charge in [0.25, 0.3) is 5.91 Å². The molecule has 2 heterocycles. The van der Waals surface area contributed by atoms with Gasteiger partial charge in [-0.3, -0.25) is 9.78 Å². The second-order valence-corrected chi connectivity index (χ2v) is 7.65. The number of carbonyl (C=O) groups excluding carboxylic acids is 1. The fraction of sp³-hybridized carbons (Fsp3) is 0.455. The third-order valence-electron chi connectivity index (χ3n) is 6.20. The lowest BCUT2D eigenvalue weighted by molar-refractivity contribution is -0.930. The van der Waals surface area contributed by atoms with Crippen molar-refractivity contribution in [2.24, 2.45) is 0 Å². The molecular weight excluding hydrogens is 322 g/mol. The molecule has 26 heavy (non-hydrogen) atoms. The molecule has 1 aromatic heterocycles. The maximum absolute atomic E-state index is 12.6. The third-order valence-corrected chi connectivity index (χ3v) is 6.20. The Morgan fingerprint density at radius 2 is 1.58 bits per heavy atom. The monoisotopic (exact) mass is 350 g/mol. The van der Waals surface area contributed by atoms with Crippen LogP contribution in [-0.4, -0.2) is 48.0 Å². The van der Waals surface area contributed by atoms with Crippen molar-refractivity contribution >= 4 is 5.91 Å². The first-order valence-corrected chi connectivity index (χ1v) is 9.90. The fourth-order valence-electron chi connectivity index (χ4n) is 4.64. The van der Waals surface area contributed by atoms with E-state index < -0.39 is 0 Å². The lowest BCUT2D eigenvalue weighted by atomic mass is 9.81. The van der Waals surface area contributed by atoms with Gasteiger partial charge in [0.05, 0.1) is 32.2 Å². The van der Waals surface area contributed by atoms with Crippen molar-refractivity contribution < 1.29 is 9.69 Å². The minimum Gasteiger partial charge on any atom is -0.330 e. The van der Waals surface area contributed by atoms with Crippen molar-refractivity contribution in [3.8, 4) is 0 Å². The molecule has 1 aromatic carbocycles.